The van der Waals surface area contributed by atoms with E-state index in [0.717, 1.165) is 19.5 Å². The van der Waals surface area contributed by atoms with Gasteiger partial charge in [-0.25, -0.2) is 0 Å². The molecule has 0 spiro atoms. The van der Waals surface area contributed by atoms with Crippen molar-refractivity contribution in [2.75, 3.05) is 13.6 Å². The van der Waals surface area contributed by atoms with E-state index in [-0.39, 0.29) is 5.41 Å². The van der Waals surface area contributed by atoms with Crippen LogP contribution in [0.5, 0.6) is 0 Å². The van der Waals surface area contributed by atoms with Crippen LogP contribution in [0.2, 0.25) is 0 Å². The van der Waals surface area contributed by atoms with E-state index in [1.807, 2.05) is 0 Å². The summed E-state index contributed by atoms with van der Waals surface area (Å²) in [6.07, 6.45) is 2.36. The molecule has 1 aliphatic rings. The SMILES string of the molecule is CN1Cc2ccccc2C(C)(CCc2ccccc2)C1. The molecule has 1 nitrogen and oxygen atoms in total. The van der Waals surface area contributed by atoms with Gasteiger partial charge in [-0.15, -0.1) is 0 Å². The molecule has 1 unspecified atom stereocenters. The fourth-order valence-corrected chi connectivity index (χ4v) is 3.55. The van der Waals surface area contributed by atoms with Crippen molar-refractivity contribution in [2.45, 2.75) is 31.7 Å². The van der Waals surface area contributed by atoms with Crippen LogP contribution in [0.25, 0.3) is 0 Å². The molecule has 0 saturated carbocycles. The fraction of sp³-hybridized carbons (Fsp3) is 0.368. The van der Waals surface area contributed by atoms with Crippen molar-refractivity contribution in [3.63, 3.8) is 0 Å². The monoisotopic (exact) mass is 265 g/mol. The summed E-state index contributed by atoms with van der Waals surface area (Å²) in [5, 5.41) is 0. The first-order valence-electron chi connectivity index (χ1n) is 7.48. The highest BCUT2D eigenvalue weighted by molar-refractivity contribution is 5.36. The first-order valence-corrected chi connectivity index (χ1v) is 7.48. The molecule has 0 radical (unpaired) electrons. The molecule has 0 N–H and O–H groups in total. The zero-order valence-electron chi connectivity index (χ0n) is 12.5. The molecule has 1 heteroatoms. The molecule has 2 aromatic rings. The highest BCUT2D eigenvalue weighted by Gasteiger charge is 2.33. The minimum absolute atomic E-state index is 0.263. The molecule has 1 heterocycles. The second-order valence-corrected chi connectivity index (χ2v) is 6.38. The lowest BCUT2D eigenvalue weighted by molar-refractivity contribution is 0.214. The Morgan fingerprint density at radius 1 is 1.00 bits per heavy atom. The van der Waals surface area contributed by atoms with Crippen molar-refractivity contribution >= 4 is 0 Å². The molecule has 2 aromatic carbocycles. The lowest BCUT2D eigenvalue weighted by Crippen LogP contribution is -2.42. The molecule has 0 amide bonds. The first kappa shape index (κ1) is 13.4. The van der Waals surface area contributed by atoms with Gasteiger partial charge in [-0.3, -0.25) is 0 Å². The standard InChI is InChI=1S/C19H23N/c1-19(13-12-16-8-4-3-5-9-16)15-20(2)14-17-10-6-7-11-18(17)19/h3-11H,12-15H2,1-2H3. The number of hydrogen-bond donors (Lipinski definition) is 0. The summed E-state index contributed by atoms with van der Waals surface area (Å²) in [6, 6.07) is 19.8. The second-order valence-electron chi connectivity index (χ2n) is 6.38. The summed E-state index contributed by atoms with van der Waals surface area (Å²) in [7, 11) is 2.23. The maximum Gasteiger partial charge on any atom is 0.0234 e. The highest BCUT2D eigenvalue weighted by atomic mass is 15.1. The van der Waals surface area contributed by atoms with Gasteiger partial charge in [-0.1, -0.05) is 61.5 Å². The Hall–Kier alpha value is -1.60. The Morgan fingerprint density at radius 3 is 2.50 bits per heavy atom. The summed E-state index contributed by atoms with van der Waals surface area (Å²) >= 11 is 0. The van der Waals surface area contributed by atoms with Crippen molar-refractivity contribution in [1.82, 2.24) is 4.90 Å². The van der Waals surface area contributed by atoms with Crippen molar-refractivity contribution in [2.24, 2.45) is 0 Å². The highest BCUT2D eigenvalue weighted by Crippen LogP contribution is 2.36. The number of rotatable bonds is 3. The van der Waals surface area contributed by atoms with Crippen LogP contribution in [0.15, 0.2) is 54.6 Å². The Bertz CT molecular complexity index is 575. The van der Waals surface area contributed by atoms with Crippen LogP contribution < -0.4 is 0 Å². The molecule has 0 bridgehead atoms. The number of fused-ring (bicyclic) bond motifs is 1. The molecule has 0 aliphatic carbocycles. The van der Waals surface area contributed by atoms with E-state index in [4.69, 9.17) is 0 Å². The van der Waals surface area contributed by atoms with Crippen molar-refractivity contribution < 1.29 is 0 Å². The number of hydrogen-bond acceptors (Lipinski definition) is 1. The van der Waals surface area contributed by atoms with Gasteiger partial charge in [0.1, 0.15) is 0 Å². The summed E-state index contributed by atoms with van der Waals surface area (Å²) < 4.78 is 0. The fourth-order valence-electron chi connectivity index (χ4n) is 3.55. The minimum atomic E-state index is 0.263. The van der Waals surface area contributed by atoms with Crippen molar-refractivity contribution in [1.29, 1.82) is 0 Å². The zero-order chi connectivity index (χ0) is 14.0. The molecule has 0 fully saturated rings. The molecule has 20 heavy (non-hydrogen) atoms. The third kappa shape index (κ3) is 2.64. The molecule has 1 aliphatic heterocycles. The van der Waals surface area contributed by atoms with Crippen LogP contribution in [0, 0.1) is 0 Å². The molecule has 0 saturated heterocycles. The van der Waals surface area contributed by atoms with Crippen LogP contribution >= 0.6 is 0 Å². The van der Waals surface area contributed by atoms with Gasteiger partial charge in [-0.05, 0) is 36.6 Å². The lowest BCUT2D eigenvalue weighted by atomic mass is 9.73. The Morgan fingerprint density at radius 2 is 1.70 bits per heavy atom. The van der Waals surface area contributed by atoms with E-state index in [1.54, 1.807) is 5.56 Å². The van der Waals surface area contributed by atoms with Gasteiger partial charge in [0.25, 0.3) is 0 Å². The van der Waals surface area contributed by atoms with E-state index < -0.39 is 0 Å². The van der Waals surface area contributed by atoms with Crippen LogP contribution in [0.4, 0.5) is 0 Å². The third-order valence-corrected chi connectivity index (χ3v) is 4.54. The number of benzene rings is 2. The van der Waals surface area contributed by atoms with Gasteiger partial charge < -0.3 is 4.90 Å². The van der Waals surface area contributed by atoms with Crippen molar-refractivity contribution in [3.8, 4) is 0 Å². The summed E-state index contributed by atoms with van der Waals surface area (Å²) in [5.41, 5.74) is 4.75. The van der Waals surface area contributed by atoms with Gasteiger partial charge in [-0.2, -0.15) is 0 Å². The largest absolute Gasteiger partial charge is 0.301 e. The summed E-state index contributed by atoms with van der Waals surface area (Å²) in [4.78, 5) is 2.45. The Labute approximate surface area is 122 Å². The van der Waals surface area contributed by atoms with Crippen molar-refractivity contribution in [3.05, 3.63) is 71.3 Å². The molecular formula is C19H23N. The van der Waals surface area contributed by atoms with E-state index in [0.29, 0.717) is 0 Å². The zero-order valence-corrected chi connectivity index (χ0v) is 12.5. The molecule has 104 valence electrons. The van der Waals surface area contributed by atoms with Crippen LogP contribution in [0.3, 0.4) is 0 Å². The lowest BCUT2D eigenvalue weighted by Gasteiger charge is -2.41. The summed E-state index contributed by atoms with van der Waals surface area (Å²) in [5.74, 6) is 0. The Kier molecular flexibility index (Phi) is 3.62. The maximum absolute atomic E-state index is 2.45. The third-order valence-electron chi connectivity index (χ3n) is 4.54. The first-order chi connectivity index (χ1) is 9.67. The minimum Gasteiger partial charge on any atom is -0.301 e. The van der Waals surface area contributed by atoms with Gasteiger partial charge in [0, 0.05) is 18.5 Å². The molecular weight excluding hydrogens is 242 g/mol. The summed E-state index contributed by atoms with van der Waals surface area (Å²) in [6.45, 7) is 4.65. The number of nitrogens with zero attached hydrogens (tertiary/aromatic N) is 1. The molecule has 0 aromatic heterocycles. The Balaban J connectivity index is 1.84. The van der Waals surface area contributed by atoms with Gasteiger partial charge >= 0.3 is 0 Å². The average molecular weight is 265 g/mol. The topological polar surface area (TPSA) is 3.24 Å². The maximum atomic E-state index is 2.45. The van der Waals surface area contributed by atoms with Crippen LogP contribution in [0.1, 0.15) is 30.0 Å². The van der Waals surface area contributed by atoms with E-state index >= 15 is 0 Å². The molecule has 3 rings (SSSR count). The van der Waals surface area contributed by atoms with E-state index in [9.17, 15) is 0 Å². The smallest absolute Gasteiger partial charge is 0.0234 e. The van der Waals surface area contributed by atoms with E-state index in [2.05, 4.69) is 73.5 Å². The van der Waals surface area contributed by atoms with E-state index in [1.165, 1.54) is 17.5 Å². The van der Waals surface area contributed by atoms with Crippen LogP contribution in [-0.2, 0) is 18.4 Å². The predicted octanol–water partition coefficient (Wildman–Crippen LogP) is 4.02. The van der Waals surface area contributed by atoms with Gasteiger partial charge in [0.15, 0.2) is 0 Å². The van der Waals surface area contributed by atoms with Gasteiger partial charge in [0.05, 0.1) is 0 Å². The molecule has 1 atom stereocenters. The second kappa shape index (κ2) is 5.41. The van der Waals surface area contributed by atoms with Gasteiger partial charge in [0.2, 0.25) is 0 Å². The van der Waals surface area contributed by atoms with Crippen LogP contribution in [-0.4, -0.2) is 18.5 Å². The number of aryl methyl sites for hydroxylation is 1. The normalized spacial score (nSPS) is 22.5. The quantitative estimate of drug-likeness (QED) is 0.810. The predicted molar refractivity (Wildman–Crippen MR) is 84.9 cm³/mol. The number of likely N-dealkylation sites (N-methyl/N-ethyl adjacent to an activating group) is 1. The average Bonchev–Trinajstić information content (AvgIpc) is 2.46.